The number of nitrogens with zero attached hydrogens (tertiary/aromatic N) is 4. The summed E-state index contributed by atoms with van der Waals surface area (Å²) >= 11 is 18.1. The molecule has 9 heteroatoms. The van der Waals surface area contributed by atoms with E-state index in [1.54, 1.807) is 42.6 Å². The maximum Gasteiger partial charge on any atom is 0.367 e. The summed E-state index contributed by atoms with van der Waals surface area (Å²) in [5.41, 5.74) is 3.43. The molecule has 0 atom stereocenters. The summed E-state index contributed by atoms with van der Waals surface area (Å²) in [5.74, 6) is 0.659. The van der Waals surface area contributed by atoms with Crippen molar-refractivity contribution in [2.75, 3.05) is 6.61 Å². The molecule has 5 rings (SSSR count). The van der Waals surface area contributed by atoms with E-state index < -0.39 is 0 Å². The Morgan fingerprint density at radius 2 is 1.32 bits per heavy atom. The number of aromatic nitrogens is 4. The molecule has 3 aromatic carbocycles. The van der Waals surface area contributed by atoms with E-state index in [0.29, 0.717) is 26.5 Å². The maximum absolute atomic E-state index is 13.0. The van der Waals surface area contributed by atoms with Crippen LogP contribution >= 0.6 is 34.8 Å². The number of benzene rings is 3. The summed E-state index contributed by atoms with van der Waals surface area (Å²) < 4.78 is 8.38. The van der Waals surface area contributed by atoms with Crippen LogP contribution < -0.4 is 10.4 Å². The molecule has 0 aliphatic heterocycles. The van der Waals surface area contributed by atoms with Gasteiger partial charge in [-0.1, -0.05) is 59.1 Å². The first kappa shape index (κ1) is 22.5. The van der Waals surface area contributed by atoms with Crippen molar-refractivity contribution >= 4 is 40.4 Å². The van der Waals surface area contributed by atoms with E-state index in [-0.39, 0.29) is 18.8 Å². The molecule has 5 aromatic rings. The lowest BCUT2D eigenvalue weighted by Crippen LogP contribution is -2.25. The minimum Gasteiger partial charge on any atom is -0.492 e. The van der Waals surface area contributed by atoms with Gasteiger partial charge in [0.2, 0.25) is 0 Å². The average molecular weight is 512 g/mol. The lowest BCUT2D eigenvalue weighted by molar-refractivity contribution is 0.289. The van der Waals surface area contributed by atoms with Crippen molar-refractivity contribution in [1.29, 1.82) is 0 Å². The second kappa shape index (κ2) is 9.50. The Balaban J connectivity index is 1.56. The van der Waals surface area contributed by atoms with Crippen LogP contribution in [0.25, 0.3) is 27.9 Å². The average Bonchev–Trinajstić information content (AvgIpc) is 3.16. The summed E-state index contributed by atoms with van der Waals surface area (Å²) in [4.78, 5) is 13.0. The lowest BCUT2D eigenvalue weighted by atomic mass is 9.97. The lowest BCUT2D eigenvalue weighted by Gasteiger charge is -2.11. The molecule has 2 aromatic heterocycles. The summed E-state index contributed by atoms with van der Waals surface area (Å²) in [6.07, 6.45) is 1.66. The Bertz CT molecular complexity index is 1510. The normalized spacial score (nSPS) is 11.1. The van der Waals surface area contributed by atoms with Gasteiger partial charge in [-0.2, -0.15) is 9.61 Å². The zero-order valence-electron chi connectivity index (χ0n) is 17.7. The Kier molecular flexibility index (Phi) is 6.28. The highest BCUT2D eigenvalue weighted by Gasteiger charge is 2.18. The van der Waals surface area contributed by atoms with Crippen LogP contribution in [0.2, 0.25) is 15.1 Å². The zero-order chi connectivity index (χ0) is 23.7. The number of ether oxygens (including phenoxy) is 1. The van der Waals surface area contributed by atoms with Crippen LogP contribution in [0, 0.1) is 0 Å². The third kappa shape index (κ3) is 4.53. The smallest absolute Gasteiger partial charge is 0.367 e. The van der Waals surface area contributed by atoms with Gasteiger partial charge in [-0.25, -0.2) is 9.48 Å². The molecule has 0 radical (unpaired) electrons. The Hall–Kier alpha value is -3.32. The first-order valence-electron chi connectivity index (χ1n) is 10.4. The van der Waals surface area contributed by atoms with Crippen LogP contribution in [-0.4, -0.2) is 26.0 Å². The van der Waals surface area contributed by atoms with Gasteiger partial charge in [0, 0.05) is 26.2 Å². The SMILES string of the molecule is O=c1n(CCOc2ccc(Cl)cc2)nc2c(-c3ccc(Cl)cc3)c(-c3ccc(Cl)cc3)cnn12. The number of hydrogen-bond donors (Lipinski definition) is 0. The van der Waals surface area contributed by atoms with Crippen molar-refractivity contribution in [3.8, 4) is 28.0 Å². The quantitative estimate of drug-likeness (QED) is 0.270. The van der Waals surface area contributed by atoms with Gasteiger partial charge >= 0.3 is 5.69 Å². The molecule has 2 heterocycles. The number of rotatable bonds is 6. The molecule has 0 N–H and O–H groups in total. The predicted octanol–water partition coefficient (Wildman–Crippen LogP) is 6.26. The number of hydrogen-bond acceptors (Lipinski definition) is 4. The molecule has 34 heavy (non-hydrogen) atoms. The van der Waals surface area contributed by atoms with Crippen molar-refractivity contribution in [2.24, 2.45) is 0 Å². The molecule has 0 unspecified atom stereocenters. The summed E-state index contributed by atoms with van der Waals surface area (Å²) in [7, 11) is 0. The third-order valence-electron chi connectivity index (χ3n) is 5.29. The van der Waals surface area contributed by atoms with Gasteiger partial charge in [0.1, 0.15) is 12.4 Å². The first-order valence-corrected chi connectivity index (χ1v) is 11.5. The molecule has 0 saturated carbocycles. The van der Waals surface area contributed by atoms with E-state index in [4.69, 9.17) is 39.5 Å². The first-order chi connectivity index (χ1) is 16.5. The minimum absolute atomic E-state index is 0.251. The van der Waals surface area contributed by atoms with Crippen LogP contribution in [0.5, 0.6) is 5.75 Å². The molecule has 0 aliphatic carbocycles. The molecule has 0 spiro atoms. The fraction of sp³-hybridized carbons (Fsp3) is 0.0800. The molecular formula is C25H17Cl3N4O2. The number of halogens is 3. The van der Waals surface area contributed by atoms with Crippen LogP contribution in [0.4, 0.5) is 0 Å². The number of fused-ring (bicyclic) bond motifs is 1. The zero-order valence-corrected chi connectivity index (χ0v) is 19.9. The van der Waals surface area contributed by atoms with Crippen molar-refractivity contribution < 1.29 is 4.74 Å². The molecule has 170 valence electrons. The predicted molar refractivity (Wildman–Crippen MR) is 135 cm³/mol. The molecule has 0 fully saturated rings. The van der Waals surface area contributed by atoms with Crippen LogP contribution in [0.3, 0.4) is 0 Å². The van der Waals surface area contributed by atoms with Gasteiger partial charge in [0.05, 0.1) is 12.7 Å². The topological polar surface area (TPSA) is 61.4 Å². The highest BCUT2D eigenvalue weighted by Crippen LogP contribution is 2.34. The Morgan fingerprint density at radius 1 is 0.765 bits per heavy atom. The standard InChI is InChI=1S/C25H17Cl3N4O2/c26-18-5-1-16(2-6-18)22-15-29-32-24(23(22)17-3-7-19(27)8-4-17)30-31(25(32)33)13-14-34-21-11-9-20(28)10-12-21/h1-12,15H,13-14H2. The maximum atomic E-state index is 13.0. The molecule has 0 amide bonds. The van der Waals surface area contributed by atoms with Gasteiger partial charge in [0.25, 0.3) is 0 Å². The van der Waals surface area contributed by atoms with Crippen LogP contribution in [-0.2, 0) is 6.54 Å². The van der Waals surface area contributed by atoms with Gasteiger partial charge in [-0.3, -0.25) is 0 Å². The van der Waals surface area contributed by atoms with Crippen molar-refractivity contribution in [2.45, 2.75) is 6.54 Å². The second-order valence-corrected chi connectivity index (χ2v) is 8.80. The fourth-order valence-corrected chi connectivity index (χ4v) is 4.01. The largest absolute Gasteiger partial charge is 0.492 e. The van der Waals surface area contributed by atoms with Gasteiger partial charge < -0.3 is 4.74 Å². The van der Waals surface area contributed by atoms with Crippen molar-refractivity contribution in [3.63, 3.8) is 0 Å². The van der Waals surface area contributed by atoms with E-state index in [1.807, 2.05) is 36.4 Å². The monoisotopic (exact) mass is 510 g/mol. The molecule has 0 aliphatic rings. The molecule has 0 bridgehead atoms. The molecule has 0 saturated heterocycles. The van der Waals surface area contributed by atoms with E-state index in [0.717, 1.165) is 22.3 Å². The minimum atomic E-state index is -0.354. The van der Waals surface area contributed by atoms with Crippen molar-refractivity contribution in [1.82, 2.24) is 19.4 Å². The van der Waals surface area contributed by atoms with Crippen LogP contribution in [0.1, 0.15) is 0 Å². The van der Waals surface area contributed by atoms with E-state index in [2.05, 4.69) is 10.2 Å². The molecular weight excluding hydrogens is 495 g/mol. The summed E-state index contributed by atoms with van der Waals surface area (Å²) in [6, 6.07) is 21.9. The van der Waals surface area contributed by atoms with Crippen molar-refractivity contribution in [3.05, 3.63) is 105 Å². The summed E-state index contributed by atoms with van der Waals surface area (Å²) in [5, 5.41) is 10.9. The van der Waals surface area contributed by atoms with Gasteiger partial charge in [-0.05, 0) is 59.7 Å². The van der Waals surface area contributed by atoms with Gasteiger partial charge in [0.15, 0.2) is 5.65 Å². The molecule has 6 nitrogen and oxygen atoms in total. The Labute approximate surface area is 209 Å². The van der Waals surface area contributed by atoms with E-state index >= 15 is 0 Å². The summed E-state index contributed by atoms with van der Waals surface area (Å²) in [6.45, 7) is 0.507. The van der Waals surface area contributed by atoms with Gasteiger partial charge in [-0.15, -0.1) is 5.10 Å². The van der Waals surface area contributed by atoms with E-state index in [1.165, 1.54) is 9.20 Å². The second-order valence-electron chi connectivity index (χ2n) is 7.49. The highest BCUT2D eigenvalue weighted by molar-refractivity contribution is 6.31. The third-order valence-corrected chi connectivity index (χ3v) is 6.04. The van der Waals surface area contributed by atoms with Crippen LogP contribution in [0.15, 0.2) is 83.8 Å². The highest BCUT2D eigenvalue weighted by atomic mass is 35.5. The van der Waals surface area contributed by atoms with E-state index in [9.17, 15) is 4.79 Å². The fourth-order valence-electron chi connectivity index (χ4n) is 3.64. The Morgan fingerprint density at radius 3 is 1.94 bits per heavy atom.